The van der Waals surface area contributed by atoms with Crippen molar-refractivity contribution in [1.82, 2.24) is 20.3 Å². The Labute approximate surface area is 306 Å². The minimum atomic E-state index is -3.87. The van der Waals surface area contributed by atoms with Crippen LogP contribution in [0.2, 0.25) is 0 Å². The minimum absolute atomic E-state index is 0.0606. The molecule has 3 aliphatic carbocycles. The van der Waals surface area contributed by atoms with Gasteiger partial charge in [-0.05, 0) is 67.1 Å². The number of benzene rings is 2. The number of amides is 4. The Kier molecular flexibility index (Phi) is 10.8. The molecule has 1 aliphatic heterocycles. The number of alkyl carbamates (subject to hydrolysis) is 1. The molecule has 280 valence electrons. The molecule has 4 aliphatic rings. The molecule has 12 nitrogen and oxygen atoms in total. The third kappa shape index (κ3) is 8.52. The lowest BCUT2D eigenvalue weighted by molar-refractivity contribution is -0.143. The first-order chi connectivity index (χ1) is 24.7. The Morgan fingerprint density at radius 1 is 0.962 bits per heavy atom. The molecule has 6 rings (SSSR count). The number of carbonyl (C=O) groups is 4. The minimum Gasteiger partial charge on any atom is -0.446 e. The monoisotopic (exact) mass is 734 g/mol. The predicted molar refractivity (Wildman–Crippen MR) is 195 cm³/mol. The highest BCUT2D eigenvalue weighted by Crippen LogP contribution is 2.45. The van der Waals surface area contributed by atoms with Crippen molar-refractivity contribution in [3.8, 4) is 11.1 Å². The molecule has 52 heavy (non-hydrogen) atoms. The second kappa shape index (κ2) is 15.0. The molecule has 3 N–H and O–H groups in total. The highest BCUT2D eigenvalue weighted by molar-refractivity contribution is 7.91. The zero-order chi connectivity index (χ0) is 37.3. The van der Waals surface area contributed by atoms with Crippen molar-refractivity contribution in [2.24, 2.45) is 11.3 Å². The molecule has 4 fully saturated rings. The molecule has 2 aromatic carbocycles. The number of hydrogen-bond acceptors (Lipinski definition) is 8. The second-order valence-corrected chi connectivity index (χ2v) is 17.6. The van der Waals surface area contributed by atoms with Gasteiger partial charge in [0, 0.05) is 18.9 Å². The van der Waals surface area contributed by atoms with Gasteiger partial charge in [0.05, 0.1) is 18.0 Å². The normalized spacial score (nSPS) is 25.2. The first kappa shape index (κ1) is 37.5. The first-order valence-corrected chi connectivity index (χ1v) is 19.8. The van der Waals surface area contributed by atoms with Crippen LogP contribution in [0.25, 0.3) is 11.1 Å². The van der Waals surface area contributed by atoms with Crippen LogP contribution >= 0.6 is 0 Å². The molecule has 2 aromatic rings. The van der Waals surface area contributed by atoms with Gasteiger partial charge in [-0.2, -0.15) is 0 Å². The fraction of sp³-hybridized carbons (Fsp3) is 0.538. The number of ether oxygens (including phenoxy) is 2. The largest absolute Gasteiger partial charge is 0.446 e. The zero-order valence-corrected chi connectivity index (χ0v) is 31.0. The Morgan fingerprint density at radius 3 is 2.21 bits per heavy atom. The summed E-state index contributed by atoms with van der Waals surface area (Å²) in [6, 6.07) is 15.9. The van der Waals surface area contributed by atoms with Crippen molar-refractivity contribution in [2.45, 2.75) is 114 Å². The summed E-state index contributed by atoms with van der Waals surface area (Å²) in [7, 11) is -3.87. The molecule has 1 saturated heterocycles. The van der Waals surface area contributed by atoms with E-state index in [2.05, 4.69) is 21.9 Å². The lowest BCUT2D eigenvalue weighted by Crippen LogP contribution is -2.60. The Hall–Kier alpha value is -4.23. The standard InChI is InChI=1S/C39H50N4O8S/c1-5-28-22-39(28,36(46)42-52(48,49)31-19-20-31)41-34(44)32-21-30(50-24-25-15-17-27(18-16-25)26-11-7-6-8-12-26)23-43(32)35(45)33(38(2,3)4)40-37(47)51-29-13-9-10-14-29/h5-8,11-12,15-18,28-33H,1,9-10,13-14,19-24H2,2-4H3,(H,40,47)(H,41,44)(H,42,46)/t28-,30-,32+,33-,39?/m1/s1. The number of likely N-dealkylation sites (tertiary alicyclic amines) is 1. The van der Waals surface area contributed by atoms with Gasteiger partial charge >= 0.3 is 6.09 Å². The number of hydrogen-bond donors (Lipinski definition) is 3. The van der Waals surface area contributed by atoms with Crippen LogP contribution in [0.4, 0.5) is 4.79 Å². The molecular formula is C39H50N4O8S. The summed E-state index contributed by atoms with van der Waals surface area (Å²) in [5, 5.41) is 4.97. The van der Waals surface area contributed by atoms with E-state index in [1.165, 1.54) is 11.0 Å². The summed E-state index contributed by atoms with van der Waals surface area (Å²) in [5.41, 5.74) is 0.797. The number of carbonyl (C=O) groups excluding carboxylic acids is 4. The summed E-state index contributed by atoms with van der Waals surface area (Å²) < 4.78 is 39.4. The molecule has 1 heterocycles. The van der Waals surface area contributed by atoms with Crippen molar-refractivity contribution in [2.75, 3.05) is 6.54 Å². The van der Waals surface area contributed by atoms with E-state index in [0.29, 0.717) is 12.8 Å². The summed E-state index contributed by atoms with van der Waals surface area (Å²) >= 11 is 0. The number of sulfonamides is 1. The van der Waals surface area contributed by atoms with Crippen molar-refractivity contribution in [1.29, 1.82) is 0 Å². The van der Waals surface area contributed by atoms with Gasteiger partial charge in [-0.1, -0.05) is 81.4 Å². The van der Waals surface area contributed by atoms with Gasteiger partial charge in [0.2, 0.25) is 21.8 Å². The smallest absolute Gasteiger partial charge is 0.408 e. The van der Waals surface area contributed by atoms with Crippen LogP contribution in [0.5, 0.6) is 0 Å². The molecule has 5 atom stereocenters. The van der Waals surface area contributed by atoms with Crippen molar-refractivity contribution in [3.05, 3.63) is 72.8 Å². The summed E-state index contributed by atoms with van der Waals surface area (Å²) in [6.45, 7) is 9.53. The maximum atomic E-state index is 14.4. The quantitative estimate of drug-likeness (QED) is 0.252. The van der Waals surface area contributed by atoms with E-state index < -0.39 is 74.1 Å². The van der Waals surface area contributed by atoms with Crippen LogP contribution in [0.1, 0.15) is 77.7 Å². The van der Waals surface area contributed by atoms with Crippen LogP contribution in [-0.4, -0.2) is 78.8 Å². The van der Waals surface area contributed by atoms with Crippen molar-refractivity contribution in [3.63, 3.8) is 0 Å². The lowest BCUT2D eigenvalue weighted by Gasteiger charge is -2.35. The van der Waals surface area contributed by atoms with E-state index in [1.807, 2.05) is 75.4 Å². The predicted octanol–water partition coefficient (Wildman–Crippen LogP) is 4.59. The van der Waals surface area contributed by atoms with E-state index in [4.69, 9.17) is 9.47 Å². The molecular weight excluding hydrogens is 685 g/mol. The van der Waals surface area contributed by atoms with E-state index in [1.54, 1.807) is 0 Å². The third-order valence-electron chi connectivity index (χ3n) is 10.6. The van der Waals surface area contributed by atoms with Gasteiger partial charge in [0.15, 0.2) is 0 Å². The zero-order valence-electron chi connectivity index (χ0n) is 30.1. The van der Waals surface area contributed by atoms with Gasteiger partial charge in [-0.15, -0.1) is 6.58 Å². The average Bonchev–Trinajstić information content (AvgIpc) is 3.99. The Morgan fingerprint density at radius 2 is 1.62 bits per heavy atom. The average molecular weight is 735 g/mol. The van der Waals surface area contributed by atoms with Crippen LogP contribution in [0.15, 0.2) is 67.3 Å². The van der Waals surface area contributed by atoms with E-state index in [0.717, 1.165) is 42.4 Å². The highest BCUT2D eigenvalue weighted by Gasteiger charge is 2.62. The molecule has 3 saturated carbocycles. The molecule has 13 heteroatoms. The molecule has 0 radical (unpaired) electrons. The maximum Gasteiger partial charge on any atom is 0.408 e. The SMILES string of the molecule is C=C[C@@H]1CC1(NC(=O)[C@@H]1C[C@@H](OCc2ccc(-c3ccccc3)cc2)CN1C(=O)[C@@H](NC(=O)OC1CCCC1)C(C)(C)C)C(=O)NS(=O)(=O)C1CC1. The second-order valence-electron chi connectivity index (χ2n) is 15.7. The number of rotatable bonds is 13. The van der Waals surface area contributed by atoms with Crippen LogP contribution in [0, 0.1) is 11.3 Å². The Balaban J connectivity index is 1.20. The van der Waals surface area contributed by atoms with Crippen LogP contribution in [-0.2, 0) is 40.5 Å². The number of nitrogens with one attached hydrogen (secondary N) is 3. The van der Waals surface area contributed by atoms with Crippen molar-refractivity contribution < 1.29 is 37.1 Å². The third-order valence-corrected chi connectivity index (χ3v) is 12.4. The van der Waals surface area contributed by atoms with Crippen LogP contribution in [0.3, 0.4) is 0 Å². The summed E-state index contributed by atoms with van der Waals surface area (Å²) in [5.74, 6) is -2.41. The van der Waals surface area contributed by atoms with Gasteiger partial charge in [-0.25, -0.2) is 13.2 Å². The first-order valence-electron chi connectivity index (χ1n) is 18.2. The van der Waals surface area contributed by atoms with E-state index in [-0.39, 0.29) is 32.1 Å². The molecule has 4 amide bonds. The van der Waals surface area contributed by atoms with E-state index in [9.17, 15) is 27.6 Å². The van der Waals surface area contributed by atoms with Gasteiger partial charge < -0.3 is 25.0 Å². The van der Waals surface area contributed by atoms with Crippen molar-refractivity contribution >= 4 is 33.8 Å². The fourth-order valence-corrected chi connectivity index (χ4v) is 8.56. The summed E-state index contributed by atoms with van der Waals surface area (Å²) in [6.07, 6.45) is 4.81. The fourth-order valence-electron chi connectivity index (χ4n) is 7.19. The van der Waals surface area contributed by atoms with E-state index >= 15 is 0 Å². The van der Waals surface area contributed by atoms with Gasteiger partial charge in [-0.3, -0.25) is 19.1 Å². The molecule has 0 bridgehead atoms. The van der Waals surface area contributed by atoms with Crippen LogP contribution < -0.4 is 15.4 Å². The Bertz CT molecular complexity index is 1770. The molecule has 0 spiro atoms. The lowest BCUT2D eigenvalue weighted by atomic mass is 9.85. The summed E-state index contributed by atoms with van der Waals surface area (Å²) in [4.78, 5) is 56.5. The molecule has 1 unspecified atom stereocenters. The number of nitrogens with zero attached hydrogens (tertiary/aromatic N) is 1. The van der Waals surface area contributed by atoms with Gasteiger partial charge in [0.1, 0.15) is 23.7 Å². The molecule has 0 aromatic heterocycles. The maximum absolute atomic E-state index is 14.4. The highest BCUT2D eigenvalue weighted by atomic mass is 32.2. The van der Waals surface area contributed by atoms with Gasteiger partial charge in [0.25, 0.3) is 5.91 Å². The topological polar surface area (TPSA) is 160 Å².